The molecule has 96 valence electrons. The summed E-state index contributed by atoms with van der Waals surface area (Å²) in [6.45, 7) is 11.8. The van der Waals surface area contributed by atoms with Crippen LogP contribution in [0.4, 0.5) is 0 Å². The maximum Gasteiger partial charge on any atom is 0.0233 e. The van der Waals surface area contributed by atoms with E-state index in [0.29, 0.717) is 0 Å². The van der Waals surface area contributed by atoms with Crippen molar-refractivity contribution >= 4 is 0 Å². The summed E-state index contributed by atoms with van der Waals surface area (Å²) >= 11 is 0. The summed E-state index contributed by atoms with van der Waals surface area (Å²) < 4.78 is 0. The first kappa shape index (κ1) is 14.2. The fourth-order valence-corrected chi connectivity index (χ4v) is 1.99. The highest BCUT2D eigenvalue weighted by Gasteiger charge is 2.11. The number of nitrogens with two attached hydrogens (primary N) is 1. The molecule has 0 unspecified atom stereocenters. The van der Waals surface area contributed by atoms with Crippen molar-refractivity contribution < 1.29 is 0 Å². The fraction of sp³-hybridized carbons (Fsp3) is 0.600. The molecule has 2 heteroatoms. The second-order valence-electron chi connectivity index (χ2n) is 5.44. The van der Waals surface area contributed by atoms with E-state index < -0.39 is 0 Å². The van der Waals surface area contributed by atoms with Crippen molar-refractivity contribution in [1.82, 2.24) is 4.90 Å². The van der Waals surface area contributed by atoms with E-state index in [4.69, 9.17) is 5.73 Å². The second kappa shape index (κ2) is 6.18. The summed E-state index contributed by atoms with van der Waals surface area (Å²) in [5, 5.41) is 0. The van der Waals surface area contributed by atoms with E-state index in [0.717, 1.165) is 26.1 Å². The molecule has 1 rings (SSSR count). The van der Waals surface area contributed by atoms with Gasteiger partial charge in [-0.3, -0.25) is 4.90 Å². The molecule has 17 heavy (non-hydrogen) atoms. The SMILES string of the molecule is CCN(CC)Cc1ccc(CC(C)(C)N)cc1. The van der Waals surface area contributed by atoms with E-state index in [1.54, 1.807) is 0 Å². The molecule has 0 saturated heterocycles. The number of nitrogens with zero attached hydrogens (tertiary/aromatic N) is 1. The fourth-order valence-electron chi connectivity index (χ4n) is 1.99. The van der Waals surface area contributed by atoms with Crippen molar-refractivity contribution in [3.8, 4) is 0 Å². The third kappa shape index (κ3) is 5.33. The van der Waals surface area contributed by atoms with Crippen molar-refractivity contribution in [3.05, 3.63) is 35.4 Å². The maximum absolute atomic E-state index is 6.02. The van der Waals surface area contributed by atoms with E-state index in [9.17, 15) is 0 Å². The molecular formula is C15H26N2. The molecule has 2 nitrogen and oxygen atoms in total. The Morgan fingerprint density at radius 3 is 1.88 bits per heavy atom. The molecule has 1 aromatic carbocycles. The zero-order valence-corrected chi connectivity index (χ0v) is 11.7. The lowest BCUT2D eigenvalue weighted by Gasteiger charge is -2.20. The normalized spacial score (nSPS) is 12.1. The van der Waals surface area contributed by atoms with Crippen molar-refractivity contribution in [2.45, 2.75) is 46.2 Å². The van der Waals surface area contributed by atoms with Gasteiger partial charge in [0.25, 0.3) is 0 Å². The zero-order valence-electron chi connectivity index (χ0n) is 11.7. The molecule has 0 radical (unpaired) electrons. The van der Waals surface area contributed by atoms with Gasteiger partial charge in [-0.1, -0.05) is 38.1 Å². The minimum Gasteiger partial charge on any atom is -0.325 e. The predicted octanol–water partition coefficient (Wildman–Crippen LogP) is 2.81. The third-order valence-corrected chi connectivity index (χ3v) is 2.98. The molecule has 0 amide bonds. The summed E-state index contributed by atoms with van der Waals surface area (Å²) in [7, 11) is 0. The van der Waals surface area contributed by atoms with E-state index in [1.807, 2.05) is 0 Å². The van der Waals surface area contributed by atoms with E-state index in [1.165, 1.54) is 11.1 Å². The maximum atomic E-state index is 6.02. The summed E-state index contributed by atoms with van der Waals surface area (Å²) in [4.78, 5) is 2.42. The van der Waals surface area contributed by atoms with Gasteiger partial charge in [0.1, 0.15) is 0 Å². The minimum atomic E-state index is -0.125. The molecule has 0 aromatic heterocycles. The molecule has 0 fully saturated rings. The average Bonchev–Trinajstić information content (AvgIpc) is 2.26. The smallest absolute Gasteiger partial charge is 0.0233 e. The largest absolute Gasteiger partial charge is 0.325 e. The highest BCUT2D eigenvalue weighted by molar-refractivity contribution is 5.23. The van der Waals surface area contributed by atoms with Crippen molar-refractivity contribution in [2.24, 2.45) is 5.73 Å². The number of hydrogen-bond acceptors (Lipinski definition) is 2. The number of benzene rings is 1. The van der Waals surface area contributed by atoms with Gasteiger partial charge in [0.2, 0.25) is 0 Å². The van der Waals surface area contributed by atoms with Crippen LogP contribution in [0.15, 0.2) is 24.3 Å². The van der Waals surface area contributed by atoms with Crippen LogP contribution in [0.5, 0.6) is 0 Å². The molecule has 1 aromatic rings. The number of hydrogen-bond donors (Lipinski definition) is 1. The van der Waals surface area contributed by atoms with Crippen LogP contribution < -0.4 is 5.73 Å². The standard InChI is InChI=1S/C15H26N2/c1-5-17(6-2)12-14-9-7-13(8-10-14)11-15(3,4)16/h7-10H,5-6,11-12,16H2,1-4H3. The molecule has 0 heterocycles. The lowest BCUT2D eigenvalue weighted by atomic mass is 9.95. The van der Waals surface area contributed by atoms with Crippen LogP contribution in [-0.4, -0.2) is 23.5 Å². The molecule has 0 aliphatic rings. The molecule has 0 aliphatic carbocycles. The molecule has 0 bridgehead atoms. The van der Waals surface area contributed by atoms with Gasteiger partial charge >= 0.3 is 0 Å². The molecule has 0 spiro atoms. The van der Waals surface area contributed by atoms with Crippen LogP contribution in [-0.2, 0) is 13.0 Å². The Balaban J connectivity index is 2.62. The second-order valence-corrected chi connectivity index (χ2v) is 5.44. The van der Waals surface area contributed by atoms with Crippen molar-refractivity contribution in [2.75, 3.05) is 13.1 Å². The quantitative estimate of drug-likeness (QED) is 0.820. The zero-order chi connectivity index (χ0) is 12.9. The summed E-state index contributed by atoms with van der Waals surface area (Å²) in [6, 6.07) is 8.85. The van der Waals surface area contributed by atoms with Crippen LogP contribution in [0.3, 0.4) is 0 Å². The van der Waals surface area contributed by atoms with Gasteiger partial charge in [0.05, 0.1) is 0 Å². The summed E-state index contributed by atoms with van der Waals surface area (Å²) in [5.74, 6) is 0. The highest BCUT2D eigenvalue weighted by atomic mass is 15.1. The van der Waals surface area contributed by atoms with Crippen LogP contribution >= 0.6 is 0 Å². The lowest BCUT2D eigenvalue weighted by Crippen LogP contribution is -2.34. The van der Waals surface area contributed by atoms with Gasteiger partial charge in [-0.15, -0.1) is 0 Å². The van der Waals surface area contributed by atoms with Gasteiger partial charge in [0.15, 0.2) is 0 Å². The minimum absolute atomic E-state index is 0.125. The number of rotatable bonds is 6. The van der Waals surface area contributed by atoms with E-state index in [2.05, 4.69) is 56.9 Å². The first-order valence-electron chi connectivity index (χ1n) is 6.53. The van der Waals surface area contributed by atoms with Crippen LogP contribution in [0.25, 0.3) is 0 Å². The van der Waals surface area contributed by atoms with Gasteiger partial charge in [-0.2, -0.15) is 0 Å². The monoisotopic (exact) mass is 234 g/mol. The third-order valence-electron chi connectivity index (χ3n) is 2.98. The van der Waals surface area contributed by atoms with Gasteiger partial charge < -0.3 is 5.73 Å². The molecule has 0 atom stereocenters. The van der Waals surface area contributed by atoms with Crippen molar-refractivity contribution in [1.29, 1.82) is 0 Å². The van der Waals surface area contributed by atoms with Gasteiger partial charge in [-0.05, 0) is 44.5 Å². The average molecular weight is 234 g/mol. The van der Waals surface area contributed by atoms with Crippen LogP contribution in [0.1, 0.15) is 38.8 Å². The lowest BCUT2D eigenvalue weighted by molar-refractivity contribution is 0.296. The summed E-state index contributed by atoms with van der Waals surface area (Å²) in [5.41, 5.74) is 8.60. The predicted molar refractivity (Wildman–Crippen MR) is 75.0 cm³/mol. The first-order valence-corrected chi connectivity index (χ1v) is 6.53. The Morgan fingerprint density at radius 2 is 1.47 bits per heavy atom. The first-order chi connectivity index (χ1) is 7.94. The molecule has 2 N–H and O–H groups in total. The highest BCUT2D eigenvalue weighted by Crippen LogP contribution is 2.12. The molecular weight excluding hydrogens is 208 g/mol. The Bertz CT molecular complexity index is 318. The Morgan fingerprint density at radius 1 is 1.00 bits per heavy atom. The van der Waals surface area contributed by atoms with Crippen LogP contribution in [0, 0.1) is 0 Å². The van der Waals surface area contributed by atoms with E-state index in [-0.39, 0.29) is 5.54 Å². The topological polar surface area (TPSA) is 29.3 Å². The Labute approximate surface area is 106 Å². The van der Waals surface area contributed by atoms with Gasteiger partial charge in [0, 0.05) is 12.1 Å². The molecule has 0 aliphatic heterocycles. The summed E-state index contributed by atoms with van der Waals surface area (Å²) in [6.07, 6.45) is 0.929. The Kier molecular flexibility index (Phi) is 5.16. The van der Waals surface area contributed by atoms with Crippen LogP contribution in [0.2, 0.25) is 0 Å². The molecule has 0 saturated carbocycles. The van der Waals surface area contributed by atoms with E-state index >= 15 is 0 Å². The Hall–Kier alpha value is -0.860. The van der Waals surface area contributed by atoms with Gasteiger partial charge in [-0.25, -0.2) is 0 Å². The van der Waals surface area contributed by atoms with Crippen molar-refractivity contribution in [3.63, 3.8) is 0 Å².